The summed E-state index contributed by atoms with van der Waals surface area (Å²) in [4.78, 5) is 32.6. The van der Waals surface area contributed by atoms with Gasteiger partial charge in [-0.1, -0.05) is 42.5 Å². The van der Waals surface area contributed by atoms with E-state index in [1.807, 2.05) is 36.2 Å². The zero-order valence-corrected chi connectivity index (χ0v) is 18.9. The van der Waals surface area contributed by atoms with Crippen molar-refractivity contribution < 1.29 is 9.59 Å². The van der Waals surface area contributed by atoms with Crippen molar-refractivity contribution in [3.05, 3.63) is 66.5 Å². The van der Waals surface area contributed by atoms with Crippen molar-refractivity contribution in [1.29, 1.82) is 0 Å². The molecule has 4 rings (SSSR count). The first-order valence-electron chi connectivity index (χ1n) is 11.8. The second-order valence-electron chi connectivity index (χ2n) is 9.15. The van der Waals surface area contributed by atoms with Crippen LogP contribution in [0.2, 0.25) is 0 Å². The van der Waals surface area contributed by atoms with Crippen molar-refractivity contribution in [1.82, 2.24) is 15.2 Å². The Morgan fingerprint density at radius 3 is 2.84 bits per heavy atom. The number of nitrogens with zero attached hydrogens (tertiary/aromatic N) is 2. The number of hydrogen-bond donors (Lipinski definition) is 1. The number of allylic oxidation sites excluding steroid dienone is 2. The Morgan fingerprint density at radius 2 is 2.09 bits per heavy atom. The quantitative estimate of drug-likeness (QED) is 0.661. The Labute approximate surface area is 190 Å². The molecule has 5 heteroatoms. The lowest BCUT2D eigenvalue weighted by molar-refractivity contribution is -0.142. The van der Waals surface area contributed by atoms with Crippen LogP contribution in [0.5, 0.6) is 0 Å². The first-order valence-corrected chi connectivity index (χ1v) is 11.8. The fourth-order valence-corrected chi connectivity index (χ4v) is 5.11. The van der Waals surface area contributed by atoms with E-state index in [-0.39, 0.29) is 11.8 Å². The molecule has 1 aromatic heterocycles. The molecule has 1 N–H and O–H groups in total. The van der Waals surface area contributed by atoms with E-state index in [1.54, 1.807) is 6.20 Å². The Bertz CT molecular complexity index is 972. The molecular weight excluding hydrogens is 398 g/mol. The van der Waals surface area contributed by atoms with E-state index in [0.717, 1.165) is 48.9 Å². The normalized spacial score (nSPS) is 22.7. The summed E-state index contributed by atoms with van der Waals surface area (Å²) in [5.41, 5.74) is 2.68. The van der Waals surface area contributed by atoms with Crippen molar-refractivity contribution in [2.24, 2.45) is 11.3 Å². The lowest BCUT2D eigenvalue weighted by Gasteiger charge is -2.42. The minimum absolute atomic E-state index is 0.0602. The standard InChI is InChI=1S/C27H33N3O2/c1-2-29-26(32)27(13-7-15-30(20-27)25(31)17-21-8-3-4-9-21)18-22-10-5-11-23(16-22)24-12-6-14-28-19-24/h3,5-6,8,10-12,14,16,19,21H,2,4,7,9,13,15,17-18,20H2,1H3,(H,29,32)/t21-,27+/m1/s1. The van der Waals surface area contributed by atoms with Gasteiger partial charge in [-0.25, -0.2) is 0 Å². The fraction of sp³-hybridized carbons (Fsp3) is 0.444. The van der Waals surface area contributed by atoms with E-state index >= 15 is 0 Å². The second kappa shape index (κ2) is 10.1. The highest BCUT2D eigenvalue weighted by molar-refractivity contribution is 5.85. The number of rotatable bonds is 7. The molecule has 0 spiro atoms. The highest BCUT2D eigenvalue weighted by Crippen LogP contribution is 2.36. The molecule has 1 fully saturated rings. The summed E-state index contributed by atoms with van der Waals surface area (Å²) in [7, 11) is 0. The number of hydrogen-bond acceptors (Lipinski definition) is 3. The van der Waals surface area contributed by atoms with Crippen LogP contribution in [0.4, 0.5) is 0 Å². The molecule has 0 bridgehead atoms. The lowest BCUT2D eigenvalue weighted by Crippen LogP contribution is -2.54. The van der Waals surface area contributed by atoms with Crippen molar-refractivity contribution in [2.45, 2.75) is 45.4 Å². The number of aromatic nitrogens is 1. The molecule has 32 heavy (non-hydrogen) atoms. The number of carbonyl (C=O) groups excluding carboxylic acids is 2. The van der Waals surface area contributed by atoms with Gasteiger partial charge in [0, 0.05) is 38.4 Å². The molecule has 0 unspecified atom stereocenters. The van der Waals surface area contributed by atoms with Crippen LogP contribution in [0.3, 0.4) is 0 Å². The summed E-state index contributed by atoms with van der Waals surface area (Å²) in [6, 6.07) is 12.3. The maximum Gasteiger partial charge on any atom is 0.228 e. The Balaban J connectivity index is 1.56. The van der Waals surface area contributed by atoms with Gasteiger partial charge < -0.3 is 10.2 Å². The van der Waals surface area contributed by atoms with Crippen molar-refractivity contribution in [3.8, 4) is 11.1 Å². The van der Waals surface area contributed by atoms with Gasteiger partial charge in [-0.3, -0.25) is 14.6 Å². The smallest absolute Gasteiger partial charge is 0.228 e. The van der Waals surface area contributed by atoms with Gasteiger partial charge in [0.1, 0.15) is 0 Å². The van der Waals surface area contributed by atoms with Crippen molar-refractivity contribution in [2.75, 3.05) is 19.6 Å². The molecule has 5 nitrogen and oxygen atoms in total. The summed E-state index contributed by atoms with van der Waals surface area (Å²) in [5.74, 6) is 0.587. The monoisotopic (exact) mass is 431 g/mol. The van der Waals surface area contributed by atoms with Crippen LogP contribution in [0.15, 0.2) is 60.9 Å². The van der Waals surface area contributed by atoms with Crippen LogP contribution in [0.25, 0.3) is 11.1 Å². The van der Waals surface area contributed by atoms with E-state index in [9.17, 15) is 9.59 Å². The molecule has 2 atom stereocenters. The van der Waals surface area contributed by atoms with Gasteiger partial charge in [0.25, 0.3) is 0 Å². The van der Waals surface area contributed by atoms with Crippen molar-refractivity contribution >= 4 is 11.8 Å². The summed E-state index contributed by atoms with van der Waals surface area (Å²) >= 11 is 0. The molecule has 0 radical (unpaired) electrons. The van der Waals surface area contributed by atoms with Gasteiger partial charge in [-0.2, -0.15) is 0 Å². The van der Waals surface area contributed by atoms with Crippen LogP contribution in [-0.4, -0.2) is 41.3 Å². The van der Waals surface area contributed by atoms with E-state index in [2.05, 4.69) is 40.7 Å². The second-order valence-corrected chi connectivity index (χ2v) is 9.15. The molecule has 1 aromatic carbocycles. The Hall–Kier alpha value is -2.95. The van der Waals surface area contributed by atoms with Crippen LogP contribution >= 0.6 is 0 Å². The summed E-state index contributed by atoms with van der Waals surface area (Å²) in [5, 5.41) is 3.06. The average Bonchev–Trinajstić information content (AvgIpc) is 3.33. The third-order valence-electron chi connectivity index (χ3n) is 6.76. The molecule has 2 heterocycles. The molecule has 168 valence electrons. The molecule has 2 aliphatic rings. The SMILES string of the molecule is CCNC(=O)[C@]1(Cc2cccc(-c3cccnc3)c2)CCCN(C(=O)C[C@@H]2C=CCC2)C1. The Kier molecular flexibility index (Phi) is 7.03. The minimum atomic E-state index is -0.594. The maximum absolute atomic E-state index is 13.3. The highest BCUT2D eigenvalue weighted by Gasteiger charge is 2.43. The van der Waals surface area contributed by atoms with Gasteiger partial charge in [-0.05, 0) is 67.7 Å². The summed E-state index contributed by atoms with van der Waals surface area (Å²) < 4.78 is 0. The summed E-state index contributed by atoms with van der Waals surface area (Å²) in [6.45, 7) is 3.78. The predicted octanol–water partition coefficient (Wildman–Crippen LogP) is 4.39. The van der Waals surface area contributed by atoms with E-state index in [1.165, 1.54) is 0 Å². The van der Waals surface area contributed by atoms with Crippen LogP contribution in [0, 0.1) is 11.3 Å². The largest absolute Gasteiger partial charge is 0.356 e. The first kappa shape index (κ1) is 22.3. The third kappa shape index (κ3) is 5.09. The molecule has 1 saturated heterocycles. The molecule has 2 amide bonds. The van der Waals surface area contributed by atoms with Gasteiger partial charge in [0.2, 0.25) is 11.8 Å². The van der Waals surface area contributed by atoms with Crippen LogP contribution in [0.1, 0.15) is 44.6 Å². The first-order chi connectivity index (χ1) is 15.6. The van der Waals surface area contributed by atoms with E-state index in [4.69, 9.17) is 0 Å². The number of nitrogens with one attached hydrogen (secondary N) is 1. The number of amides is 2. The molecule has 1 aliphatic carbocycles. The number of likely N-dealkylation sites (tertiary alicyclic amines) is 1. The van der Waals surface area contributed by atoms with Gasteiger partial charge in [0.15, 0.2) is 0 Å². The van der Waals surface area contributed by atoms with E-state index in [0.29, 0.717) is 31.8 Å². The van der Waals surface area contributed by atoms with E-state index < -0.39 is 5.41 Å². The topological polar surface area (TPSA) is 62.3 Å². The fourth-order valence-electron chi connectivity index (χ4n) is 5.11. The molecule has 1 aliphatic heterocycles. The van der Waals surface area contributed by atoms with Gasteiger partial charge in [-0.15, -0.1) is 0 Å². The van der Waals surface area contributed by atoms with Crippen molar-refractivity contribution in [3.63, 3.8) is 0 Å². The highest BCUT2D eigenvalue weighted by atomic mass is 16.2. The van der Waals surface area contributed by atoms with Gasteiger partial charge >= 0.3 is 0 Å². The van der Waals surface area contributed by atoms with Gasteiger partial charge in [0.05, 0.1) is 5.41 Å². The Morgan fingerprint density at radius 1 is 1.22 bits per heavy atom. The number of benzene rings is 1. The number of carbonyl (C=O) groups is 2. The molecule has 2 aromatic rings. The maximum atomic E-state index is 13.3. The third-order valence-corrected chi connectivity index (χ3v) is 6.76. The lowest BCUT2D eigenvalue weighted by atomic mass is 9.73. The summed E-state index contributed by atoms with van der Waals surface area (Å²) in [6.07, 6.45) is 12.9. The molecular formula is C27H33N3O2. The average molecular weight is 432 g/mol. The van der Waals surface area contributed by atoms with Crippen LogP contribution in [-0.2, 0) is 16.0 Å². The number of piperidine rings is 1. The zero-order chi connectivity index (χ0) is 22.4. The zero-order valence-electron chi connectivity index (χ0n) is 18.9. The minimum Gasteiger partial charge on any atom is -0.356 e. The molecule has 0 saturated carbocycles. The number of pyridine rings is 1. The van der Waals surface area contributed by atoms with Crippen LogP contribution < -0.4 is 5.32 Å². The predicted molar refractivity (Wildman–Crippen MR) is 127 cm³/mol.